The number of rotatable bonds is 5. The van der Waals surface area contributed by atoms with Gasteiger partial charge >= 0.3 is 5.97 Å². The predicted molar refractivity (Wildman–Crippen MR) is 88.5 cm³/mol. The van der Waals surface area contributed by atoms with Crippen molar-refractivity contribution in [2.45, 2.75) is 57.0 Å². The molecule has 6 heteroatoms. The molecule has 0 aromatic rings. The molecule has 0 aromatic heterocycles. The van der Waals surface area contributed by atoms with Crippen molar-refractivity contribution >= 4 is 23.5 Å². The minimum absolute atomic E-state index is 0.0214. The van der Waals surface area contributed by atoms with Crippen molar-refractivity contribution in [2.75, 3.05) is 25.5 Å². The molecule has 0 unspecified atom stereocenters. The van der Waals surface area contributed by atoms with Gasteiger partial charge in [0, 0.05) is 25.0 Å². The maximum Gasteiger partial charge on any atom is 0.303 e. The smallest absolute Gasteiger partial charge is 0.303 e. The summed E-state index contributed by atoms with van der Waals surface area (Å²) >= 11 is 5.85. The van der Waals surface area contributed by atoms with E-state index in [4.69, 9.17) is 16.7 Å². The molecule has 3 aliphatic heterocycles. The van der Waals surface area contributed by atoms with Crippen molar-refractivity contribution < 1.29 is 14.7 Å². The molecule has 1 N–H and O–H groups in total. The second-order valence-corrected chi connectivity index (χ2v) is 7.54. The number of likely N-dealkylation sites (tertiary alicyclic amines) is 1. The molecule has 0 radical (unpaired) electrons. The molecule has 0 bridgehead atoms. The van der Waals surface area contributed by atoms with Gasteiger partial charge in [0.2, 0.25) is 5.91 Å². The Morgan fingerprint density at radius 2 is 1.91 bits per heavy atom. The lowest BCUT2D eigenvalue weighted by Crippen LogP contribution is -2.65. The first-order valence-corrected chi connectivity index (χ1v) is 9.46. The Morgan fingerprint density at radius 3 is 2.61 bits per heavy atom. The number of halogens is 1. The van der Waals surface area contributed by atoms with Crippen molar-refractivity contribution in [1.82, 2.24) is 9.80 Å². The molecule has 0 aromatic carbocycles. The van der Waals surface area contributed by atoms with Crippen LogP contribution in [0.5, 0.6) is 0 Å². The Hall–Kier alpha value is -0.810. The van der Waals surface area contributed by atoms with Crippen LogP contribution in [0.1, 0.15) is 44.9 Å². The van der Waals surface area contributed by atoms with Crippen LogP contribution in [0.15, 0.2) is 0 Å². The van der Waals surface area contributed by atoms with E-state index in [0.29, 0.717) is 24.3 Å². The second kappa shape index (κ2) is 7.39. The summed E-state index contributed by atoms with van der Waals surface area (Å²) in [5, 5.41) is 8.92. The van der Waals surface area contributed by atoms with Crippen molar-refractivity contribution in [3.8, 4) is 0 Å². The Kier molecular flexibility index (Phi) is 5.47. The van der Waals surface area contributed by atoms with E-state index in [2.05, 4.69) is 4.90 Å². The van der Waals surface area contributed by atoms with E-state index in [1.54, 1.807) is 0 Å². The van der Waals surface area contributed by atoms with E-state index in [1.807, 2.05) is 4.90 Å². The van der Waals surface area contributed by atoms with Crippen LogP contribution in [0.3, 0.4) is 0 Å². The van der Waals surface area contributed by atoms with E-state index >= 15 is 0 Å². The molecule has 0 saturated carbocycles. The van der Waals surface area contributed by atoms with Crippen LogP contribution in [0.25, 0.3) is 0 Å². The van der Waals surface area contributed by atoms with Crippen molar-refractivity contribution in [2.24, 2.45) is 11.8 Å². The first-order valence-electron chi connectivity index (χ1n) is 8.93. The van der Waals surface area contributed by atoms with Gasteiger partial charge < -0.3 is 10.0 Å². The molecule has 130 valence electrons. The largest absolute Gasteiger partial charge is 0.481 e. The number of carboxylic acids is 1. The zero-order chi connectivity index (χ0) is 16.4. The maximum absolute atomic E-state index is 12.4. The van der Waals surface area contributed by atoms with Gasteiger partial charge in [-0.05, 0) is 63.5 Å². The minimum atomic E-state index is -0.753. The van der Waals surface area contributed by atoms with Crippen LogP contribution in [0.4, 0.5) is 0 Å². The van der Waals surface area contributed by atoms with Gasteiger partial charge in [-0.25, -0.2) is 0 Å². The molecule has 23 heavy (non-hydrogen) atoms. The molecule has 3 fully saturated rings. The Balaban J connectivity index is 1.78. The summed E-state index contributed by atoms with van der Waals surface area (Å²) < 4.78 is 0. The number of hydrogen-bond acceptors (Lipinski definition) is 3. The van der Waals surface area contributed by atoms with Gasteiger partial charge in [-0.2, -0.15) is 0 Å². The number of carboxylic acid groups (broad SMARTS) is 1. The Morgan fingerprint density at radius 1 is 1.17 bits per heavy atom. The first-order chi connectivity index (χ1) is 11.1. The molecule has 0 spiro atoms. The number of alkyl halides is 1. The maximum atomic E-state index is 12.4. The highest BCUT2D eigenvalue weighted by atomic mass is 35.5. The molecule has 3 aliphatic rings. The number of amides is 1. The summed E-state index contributed by atoms with van der Waals surface area (Å²) in [5.41, 5.74) is 0. The van der Waals surface area contributed by atoms with Gasteiger partial charge in [0.1, 0.15) is 5.88 Å². The summed E-state index contributed by atoms with van der Waals surface area (Å²) in [7, 11) is 0. The molecule has 3 rings (SSSR count). The fourth-order valence-electron chi connectivity index (χ4n) is 5.19. The first kappa shape index (κ1) is 17.0. The normalized spacial score (nSPS) is 34.0. The highest BCUT2D eigenvalue weighted by Gasteiger charge is 2.49. The zero-order valence-electron chi connectivity index (χ0n) is 13.6. The van der Waals surface area contributed by atoms with E-state index in [9.17, 15) is 9.59 Å². The quantitative estimate of drug-likeness (QED) is 0.778. The fraction of sp³-hybridized carbons (Fsp3) is 0.882. The van der Waals surface area contributed by atoms with Gasteiger partial charge in [0.05, 0.1) is 0 Å². The van der Waals surface area contributed by atoms with E-state index in [-0.39, 0.29) is 24.2 Å². The van der Waals surface area contributed by atoms with E-state index in [1.165, 1.54) is 32.4 Å². The van der Waals surface area contributed by atoms with Gasteiger partial charge in [-0.1, -0.05) is 0 Å². The van der Waals surface area contributed by atoms with Gasteiger partial charge in [0.25, 0.3) is 0 Å². The van der Waals surface area contributed by atoms with Crippen LogP contribution in [0, 0.1) is 11.8 Å². The predicted octanol–water partition coefficient (Wildman–Crippen LogP) is 2.18. The molecule has 4 atom stereocenters. The number of carbonyl (C=O) groups is 2. The van der Waals surface area contributed by atoms with Crippen LogP contribution in [0.2, 0.25) is 0 Å². The highest BCUT2D eigenvalue weighted by molar-refractivity contribution is 6.27. The highest BCUT2D eigenvalue weighted by Crippen LogP contribution is 2.43. The molecule has 3 saturated heterocycles. The third-order valence-electron chi connectivity index (χ3n) is 6.00. The van der Waals surface area contributed by atoms with Crippen LogP contribution in [-0.4, -0.2) is 64.4 Å². The number of hydrogen-bond donors (Lipinski definition) is 1. The standard InChI is InChI=1S/C17H27ClN2O3/c18-10-15(21)20-11-12-4-2-8-19-9-3-5-13(17(12)19)14(20)6-1-7-16(22)23/h12-14,17H,1-11H2,(H,22,23)/t12-,13+,14+,17-/m0/s1. The van der Waals surface area contributed by atoms with Crippen LogP contribution < -0.4 is 0 Å². The van der Waals surface area contributed by atoms with Gasteiger partial charge in [0.15, 0.2) is 0 Å². The second-order valence-electron chi connectivity index (χ2n) is 7.27. The summed E-state index contributed by atoms with van der Waals surface area (Å²) in [6.45, 7) is 3.17. The molecular formula is C17H27ClN2O3. The summed E-state index contributed by atoms with van der Waals surface area (Å²) in [5.74, 6) is 0.356. The minimum Gasteiger partial charge on any atom is -0.481 e. The van der Waals surface area contributed by atoms with E-state index in [0.717, 1.165) is 19.4 Å². The molecule has 3 heterocycles. The number of nitrogens with zero attached hydrogens (tertiary/aromatic N) is 2. The fourth-order valence-corrected chi connectivity index (χ4v) is 5.34. The molecule has 0 aliphatic carbocycles. The van der Waals surface area contributed by atoms with Crippen LogP contribution in [-0.2, 0) is 9.59 Å². The topological polar surface area (TPSA) is 60.9 Å². The lowest BCUT2D eigenvalue weighted by molar-refractivity contribution is -0.144. The lowest BCUT2D eigenvalue weighted by atomic mass is 9.69. The Bertz CT molecular complexity index is 457. The van der Waals surface area contributed by atoms with Crippen molar-refractivity contribution in [1.29, 1.82) is 0 Å². The zero-order valence-corrected chi connectivity index (χ0v) is 14.4. The molecular weight excluding hydrogens is 316 g/mol. The van der Waals surface area contributed by atoms with Crippen LogP contribution >= 0.6 is 11.6 Å². The molecule has 5 nitrogen and oxygen atoms in total. The van der Waals surface area contributed by atoms with Gasteiger partial charge in [-0.3, -0.25) is 14.5 Å². The third kappa shape index (κ3) is 3.50. The lowest BCUT2D eigenvalue weighted by Gasteiger charge is -2.57. The Labute approximate surface area is 143 Å². The molecule has 1 amide bonds. The number of carbonyl (C=O) groups excluding carboxylic acids is 1. The summed E-state index contributed by atoms with van der Waals surface area (Å²) in [6, 6.07) is 0.759. The van der Waals surface area contributed by atoms with Crippen molar-refractivity contribution in [3.05, 3.63) is 0 Å². The average Bonchev–Trinajstić information content (AvgIpc) is 2.56. The number of aliphatic carboxylic acids is 1. The van der Waals surface area contributed by atoms with Crippen molar-refractivity contribution in [3.63, 3.8) is 0 Å². The SMILES string of the molecule is O=C(O)CCC[C@@H]1[C@H]2CCCN3CCC[C@@H](CN1C(=O)CCl)[C@@H]23. The summed E-state index contributed by atoms with van der Waals surface area (Å²) in [4.78, 5) is 27.8. The number of piperidine rings is 3. The third-order valence-corrected chi connectivity index (χ3v) is 6.23. The van der Waals surface area contributed by atoms with Gasteiger partial charge in [-0.15, -0.1) is 11.6 Å². The monoisotopic (exact) mass is 342 g/mol. The average molecular weight is 343 g/mol. The van der Waals surface area contributed by atoms with E-state index < -0.39 is 5.97 Å². The summed E-state index contributed by atoms with van der Waals surface area (Å²) in [6.07, 6.45) is 6.38.